The van der Waals surface area contributed by atoms with E-state index < -0.39 is 4.92 Å². The smallest absolute Gasteiger partial charge is 0.288 e. The molecule has 0 bridgehead atoms. The lowest BCUT2D eigenvalue weighted by molar-refractivity contribution is -0.384. The normalized spacial score (nSPS) is 16.5. The minimum atomic E-state index is -0.509. The summed E-state index contributed by atoms with van der Waals surface area (Å²) < 4.78 is 10.9. The van der Waals surface area contributed by atoms with Gasteiger partial charge in [-0.3, -0.25) is 10.1 Å². The maximum atomic E-state index is 10.6. The highest BCUT2D eigenvalue weighted by Gasteiger charge is 2.16. The molecule has 0 aliphatic carbocycles. The zero-order chi connectivity index (χ0) is 13.0. The van der Waals surface area contributed by atoms with E-state index in [1.54, 1.807) is 6.07 Å². The van der Waals surface area contributed by atoms with Crippen LogP contribution in [0, 0.1) is 16.0 Å². The molecule has 1 aliphatic rings. The van der Waals surface area contributed by atoms with E-state index in [0.717, 1.165) is 26.1 Å². The van der Waals surface area contributed by atoms with E-state index in [2.05, 4.69) is 0 Å². The summed E-state index contributed by atoms with van der Waals surface area (Å²) in [6, 6.07) is 4.42. The summed E-state index contributed by atoms with van der Waals surface area (Å²) in [6.45, 7) is 2.14. The number of nitrogens with zero attached hydrogens (tertiary/aromatic N) is 1. The first-order valence-corrected chi connectivity index (χ1v) is 6.19. The molecule has 0 N–H and O–H groups in total. The number of hydrogen-bond acceptors (Lipinski definition) is 4. The Kier molecular flexibility index (Phi) is 4.38. The number of ether oxygens (including phenoxy) is 2. The standard InChI is InChI=1S/C12H14ClNO4/c13-11-7-10(1-2-12(11)14(15)16)18-8-9-3-5-17-6-4-9/h1-2,7,9H,3-6,8H2. The number of nitro groups is 1. The number of rotatable bonds is 4. The molecule has 1 fully saturated rings. The Bertz CT molecular complexity index is 432. The van der Waals surface area contributed by atoms with E-state index in [9.17, 15) is 10.1 Å². The third kappa shape index (κ3) is 3.34. The molecule has 18 heavy (non-hydrogen) atoms. The summed E-state index contributed by atoms with van der Waals surface area (Å²) in [5.74, 6) is 1.05. The molecule has 1 aromatic rings. The predicted octanol–water partition coefficient (Wildman–Crippen LogP) is 3.05. The molecule has 5 nitrogen and oxygen atoms in total. The van der Waals surface area contributed by atoms with Crippen molar-refractivity contribution in [2.75, 3.05) is 19.8 Å². The van der Waals surface area contributed by atoms with E-state index >= 15 is 0 Å². The Labute approximate surface area is 110 Å². The van der Waals surface area contributed by atoms with Crippen LogP contribution in [0.25, 0.3) is 0 Å². The molecule has 98 valence electrons. The largest absolute Gasteiger partial charge is 0.493 e. The van der Waals surface area contributed by atoms with Crippen molar-refractivity contribution in [2.24, 2.45) is 5.92 Å². The first kappa shape index (κ1) is 13.1. The van der Waals surface area contributed by atoms with Crippen LogP contribution in [-0.4, -0.2) is 24.7 Å². The van der Waals surface area contributed by atoms with E-state index in [4.69, 9.17) is 21.1 Å². The summed E-state index contributed by atoms with van der Waals surface area (Å²) in [6.07, 6.45) is 1.97. The summed E-state index contributed by atoms with van der Waals surface area (Å²) in [7, 11) is 0. The first-order chi connectivity index (χ1) is 8.66. The van der Waals surface area contributed by atoms with Crippen LogP contribution in [0.2, 0.25) is 5.02 Å². The molecular formula is C12H14ClNO4. The number of hydrogen-bond donors (Lipinski definition) is 0. The fourth-order valence-corrected chi connectivity index (χ4v) is 2.09. The average Bonchev–Trinajstić information content (AvgIpc) is 2.37. The van der Waals surface area contributed by atoms with Crippen molar-refractivity contribution in [3.63, 3.8) is 0 Å². The summed E-state index contributed by atoms with van der Waals surface area (Å²) >= 11 is 5.80. The van der Waals surface area contributed by atoms with Crippen LogP contribution in [0.5, 0.6) is 5.75 Å². The maximum absolute atomic E-state index is 10.6. The molecule has 1 aliphatic heterocycles. The van der Waals surface area contributed by atoms with Gasteiger partial charge in [-0.15, -0.1) is 0 Å². The van der Waals surface area contributed by atoms with Crippen molar-refractivity contribution in [2.45, 2.75) is 12.8 Å². The van der Waals surface area contributed by atoms with Crippen LogP contribution in [0.15, 0.2) is 18.2 Å². The van der Waals surface area contributed by atoms with Crippen molar-refractivity contribution in [3.05, 3.63) is 33.3 Å². The Hall–Kier alpha value is -1.33. The Morgan fingerprint density at radius 1 is 1.44 bits per heavy atom. The molecule has 1 saturated heterocycles. The van der Waals surface area contributed by atoms with Gasteiger partial charge in [0.25, 0.3) is 5.69 Å². The van der Waals surface area contributed by atoms with E-state index in [-0.39, 0.29) is 10.7 Å². The average molecular weight is 272 g/mol. The minimum absolute atomic E-state index is 0.101. The SMILES string of the molecule is O=[N+]([O-])c1ccc(OCC2CCOCC2)cc1Cl. The number of halogens is 1. The fraction of sp³-hybridized carbons (Fsp3) is 0.500. The molecule has 1 aromatic carbocycles. The summed E-state index contributed by atoms with van der Waals surface area (Å²) in [5.41, 5.74) is -0.102. The van der Waals surface area contributed by atoms with Gasteiger partial charge < -0.3 is 9.47 Å². The van der Waals surface area contributed by atoms with Crippen LogP contribution in [0.4, 0.5) is 5.69 Å². The number of benzene rings is 1. The quantitative estimate of drug-likeness (QED) is 0.624. The van der Waals surface area contributed by atoms with Gasteiger partial charge in [0.05, 0.1) is 11.5 Å². The van der Waals surface area contributed by atoms with Crippen LogP contribution < -0.4 is 4.74 Å². The van der Waals surface area contributed by atoms with E-state index in [1.165, 1.54) is 12.1 Å². The second-order valence-electron chi connectivity index (χ2n) is 4.24. The summed E-state index contributed by atoms with van der Waals surface area (Å²) in [5, 5.41) is 10.7. The molecule has 6 heteroatoms. The van der Waals surface area contributed by atoms with Gasteiger partial charge in [0.2, 0.25) is 0 Å². The van der Waals surface area contributed by atoms with Crippen LogP contribution in [0.3, 0.4) is 0 Å². The summed E-state index contributed by atoms with van der Waals surface area (Å²) in [4.78, 5) is 10.1. The van der Waals surface area contributed by atoms with Gasteiger partial charge in [-0.25, -0.2) is 0 Å². The lowest BCUT2D eigenvalue weighted by Gasteiger charge is -2.22. The predicted molar refractivity (Wildman–Crippen MR) is 67.1 cm³/mol. The molecule has 0 unspecified atom stereocenters. The minimum Gasteiger partial charge on any atom is -0.493 e. The van der Waals surface area contributed by atoms with Crippen molar-refractivity contribution < 1.29 is 14.4 Å². The van der Waals surface area contributed by atoms with Gasteiger partial charge in [-0.05, 0) is 24.8 Å². The van der Waals surface area contributed by atoms with Gasteiger partial charge in [0.1, 0.15) is 10.8 Å². The second-order valence-corrected chi connectivity index (χ2v) is 4.64. The molecule has 0 amide bonds. The highest BCUT2D eigenvalue weighted by Crippen LogP contribution is 2.29. The van der Waals surface area contributed by atoms with Gasteiger partial charge in [0.15, 0.2) is 0 Å². The Morgan fingerprint density at radius 3 is 2.78 bits per heavy atom. The van der Waals surface area contributed by atoms with Gasteiger partial charge in [0, 0.05) is 25.3 Å². The third-order valence-electron chi connectivity index (χ3n) is 2.94. The fourth-order valence-electron chi connectivity index (χ4n) is 1.85. The zero-order valence-electron chi connectivity index (χ0n) is 9.80. The molecule has 0 aromatic heterocycles. The van der Waals surface area contributed by atoms with Crippen LogP contribution >= 0.6 is 11.6 Å². The Morgan fingerprint density at radius 2 is 2.17 bits per heavy atom. The molecule has 0 atom stereocenters. The monoisotopic (exact) mass is 271 g/mol. The van der Waals surface area contributed by atoms with Crippen LogP contribution in [0.1, 0.15) is 12.8 Å². The molecular weight excluding hydrogens is 258 g/mol. The van der Waals surface area contributed by atoms with Crippen LogP contribution in [-0.2, 0) is 4.74 Å². The topological polar surface area (TPSA) is 61.6 Å². The zero-order valence-corrected chi connectivity index (χ0v) is 10.6. The molecule has 1 heterocycles. The number of nitro benzene ring substituents is 1. The lowest BCUT2D eigenvalue weighted by Crippen LogP contribution is -2.21. The lowest BCUT2D eigenvalue weighted by atomic mass is 10.0. The highest BCUT2D eigenvalue weighted by molar-refractivity contribution is 6.32. The van der Waals surface area contributed by atoms with Gasteiger partial charge in [-0.2, -0.15) is 0 Å². The van der Waals surface area contributed by atoms with Crippen molar-refractivity contribution >= 4 is 17.3 Å². The second kappa shape index (κ2) is 6.02. The van der Waals surface area contributed by atoms with Crippen molar-refractivity contribution in [1.29, 1.82) is 0 Å². The molecule has 0 saturated carbocycles. The van der Waals surface area contributed by atoms with E-state index in [1.807, 2.05) is 0 Å². The first-order valence-electron chi connectivity index (χ1n) is 5.81. The molecule has 0 spiro atoms. The van der Waals surface area contributed by atoms with Crippen molar-refractivity contribution in [1.82, 2.24) is 0 Å². The van der Waals surface area contributed by atoms with Gasteiger partial charge in [-0.1, -0.05) is 11.6 Å². The third-order valence-corrected chi connectivity index (χ3v) is 3.25. The highest BCUT2D eigenvalue weighted by atomic mass is 35.5. The van der Waals surface area contributed by atoms with Gasteiger partial charge >= 0.3 is 0 Å². The maximum Gasteiger partial charge on any atom is 0.288 e. The Balaban J connectivity index is 1.93. The van der Waals surface area contributed by atoms with E-state index in [0.29, 0.717) is 18.3 Å². The molecule has 0 radical (unpaired) electrons. The molecule has 2 rings (SSSR count). The van der Waals surface area contributed by atoms with Crippen molar-refractivity contribution in [3.8, 4) is 5.75 Å².